The summed E-state index contributed by atoms with van der Waals surface area (Å²) in [6, 6.07) is 55.3. The van der Waals surface area contributed by atoms with E-state index in [1.165, 1.54) is 81.9 Å². The van der Waals surface area contributed by atoms with Crippen LogP contribution in [-0.4, -0.2) is 4.98 Å². The van der Waals surface area contributed by atoms with Gasteiger partial charge < -0.3 is 0 Å². The molecule has 9 aromatic rings. The summed E-state index contributed by atoms with van der Waals surface area (Å²) in [6.07, 6.45) is 3.99. The molecule has 0 aliphatic carbocycles. The van der Waals surface area contributed by atoms with Gasteiger partial charge in [-0.25, -0.2) is 0 Å². The van der Waals surface area contributed by atoms with Crippen molar-refractivity contribution < 1.29 is 0 Å². The molecule has 0 aliphatic rings. The van der Waals surface area contributed by atoms with E-state index in [2.05, 4.69) is 163 Å². The first-order valence-electron chi connectivity index (χ1n) is 15.1. The molecule has 1 aromatic heterocycles. The van der Waals surface area contributed by atoms with Crippen LogP contribution in [-0.2, 0) is 0 Å². The highest BCUT2D eigenvalue weighted by Crippen LogP contribution is 2.47. The average molecular weight is 558 g/mol. The Morgan fingerprint density at radius 3 is 1.59 bits per heavy atom. The number of nitrogens with zero attached hydrogens (tertiary/aromatic N) is 1. The number of hydrogen-bond acceptors (Lipinski definition) is 1. The first-order valence-corrected chi connectivity index (χ1v) is 15.1. The predicted octanol–water partition coefficient (Wildman–Crippen LogP) is 11.8. The van der Waals surface area contributed by atoms with Crippen LogP contribution in [0.1, 0.15) is 0 Å². The van der Waals surface area contributed by atoms with E-state index in [1.807, 2.05) is 6.20 Å². The fraction of sp³-hybridized carbons (Fsp3) is 0. The zero-order valence-electron chi connectivity index (χ0n) is 24.0. The first-order chi connectivity index (χ1) is 21.8. The summed E-state index contributed by atoms with van der Waals surface area (Å²) in [4.78, 5) is 4.68. The molecule has 0 saturated heterocycles. The molecule has 204 valence electrons. The lowest BCUT2D eigenvalue weighted by Crippen LogP contribution is -1.93. The molecule has 0 bridgehead atoms. The highest BCUT2D eigenvalue weighted by atomic mass is 14.6. The second-order valence-corrected chi connectivity index (χ2v) is 11.5. The van der Waals surface area contributed by atoms with Crippen molar-refractivity contribution in [2.24, 2.45) is 0 Å². The fourth-order valence-electron chi connectivity index (χ4n) is 7.09. The summed E-state index contributed by atoms with van der Waals surface area (Å²) in [5.41, 5.74) is 7.38. The van der Waals surface area contributed by atoms with Crippen LogP contribution in [0.25, 0.3) is 87.2 Å². The van der Waals surface area contributed by atoms with E-state index < -0.39 is 0 Å². The maximum absolute atomic E-state index is 4.68. The van der Waals surface area contributed by atoms with E-state index in [1.54, 1.807) is 0 Å². The van der Waals surface area contributed by atoms with Gasteiger partial charge in [-0.15, -0.1) is 0 Å². The van der Waals surface area contributed by atoms with Crippen molar-refractivity contribution in [3.8, 4) is 33.4 Å². The van der Waals surface area contributed by atoms with Crippen LogP contribution in [0.5, 0.6) is 0 Å². The Kier molecular flexibility index (Phi) is 5.57. The Labute approximate surface area is 255 Å². The standard InChI is InChI=1S/C43H27N/c1-2-12-31-25-32(20-19-28(31)9-1)33-21-22-38-40(26-33)42(36-17-7-13-29-10-3-5-15-34(29)36)39-23-24-44-27-41(39)43(38)37-18-8-14-30-11-4-6-16-35(30)37/h1-27H. The number of fused-ring (bicyclic) bond motifs is 5. The summed E-state index contributed by atoms with van der Waals surface area (Å²) in [7, 11) is 0. The second kappa shape index (κ2) is 9.90. The van der Waals surface area contributed by atoms with Gasteiger partial charge in [0.15, 0.2) is 0 Å². The lowest BCUT2D eigenvalue weighted by molar-refractivity contribution is 1.37. The minimum absolute atomic E-state index is 1.16. The van der Waals surface area contributed by atoms with E-state index >= 15 is 0 Å². The molecule has 0 fully saturated rings. The largest absolute Gasteiger partial charge is 0.264 e. The summed E-state index contributed by atoms with van der Waals surface area (Å²) >= 11 is 0. The molecule has 0 radical (unpaired) electrons. The van der Waals surface area contributed by atoms with Gasteiger partial charge in [-0.2, -0.15) is 0 Å². The van der Waals surface area contributed by atoms with Gasteiger partial charge in [0.1, 0.15) is 0 Å². The molecule has 1 nitrogen and oxygen atoms in total. The number of benzene rings is 8. The summed E-state index contributed by atoms with van der Waals surface area (Å²) < 4.78 is 0. The molecule has 0 saturated carbocycles. The lowest BCUT2D eigenvalue weighted by atomic mass is 9.83. The molecule has 0 N–H and O–H groups in total. The number of pyridine rings is 1. The Hall–Kier alpha value is -5.79. The third-order valence-electron chi connectivity index (χ3n) is 9.12. The van der Waals surface area contributed by atoms with Crippen LogP contribution in [0.15, 0.2) is 164 Å². The zero-order chi connectivity index (χ0) is 29.0. The van der Waals surface area contributed by atoms with E-state index in [-0.39, 0.29) is 0 Å². The normalized spacial score (nSPS) is 11.6. The third-order valence-corrected chi connectivity index (χ3v) is 9.12. The third kappa shape index (κ3) is 3.83. The van der Waals surface area contributed by atoms with Crippen LogP contribution in [0.2, 0.25) is 0 Å². The maximum Gasteiger partial charge on any atom is 0.0353 e. The number of rotatable bonds is 3. The van der Waals surface area contributed by atoms with Gasteiger partial charge in [0.2, 0.25) is 0 Å². The first kappa shape index (κ1) is 24.8. The van der Waals surface area contributed by atoms with Gasteiger partial charge in [-0.3, -0.25) is 4.98 Å². The Morgan fingerprint density at radius 2 is 0.864 bits per heavy atom. The van der Waals surface area contributed by atoms with Gasteiger partial charge in [-0.05, 0) is 100 Å². The van der Waals surface area contributed by atoms with Gasteiger partial charge in [0.25, 0.3) is 0 Å². The van der Waals surface area contributed by atoms with E-state index in [4.69, 9.17) is 0 Å². The second-order valence-electron chi connectivity index (χ2n) is 11.5. The molecule has 9 rings (SSSR count). The molecule has 8 aromatic carbocycles. The van der Waals surface area contributed by atoms with E-state index in [9.17, 15) is 0 Å². The van der Waals surface area contributed by atoms with Crippen LogP contribution < -0.4 is 0 Å². The summed E-state index contributed by atoms with van der Waals surface area (Å²) in [5, 5.41) is 12.3. The smallest absolute Gasteiger partial charge is 0.0353 e. The summed E-state index contributed by atoms with van der Waals surface area (Å²) in [6.45, 7) is 0. The van der Waals surface area contributed by atoms with Crippen molar-refractivity contribution in [3.05, 3.63) is 164 Å². The van der Waals surface area contributed by atoms with Gasteiger partial charge in [0, 0.05) is 17.8 Å². The fourth-order valence-corrected chi connectivity index (χ4v) is 7.09. The average Bonchev–Trinajstić information content (AvgIpc) is 3.10. The number of aromatic nitrogens is 1. The van der Waals surface area contributed by atoms with Crippen LogP contribution in [0.4, 0.5) is 0 Å². The molecule has 0 unspecified atom stereocenters. The van der Waals surface area contributed by atoms with Crippen molar-refractivity contribution in [3.63, 3.8) is 0 Å². The highest BCUT2D eigenvalue weighted by molar-refractivity contribution is 6.25. The Bertz CT molecular complexity index is 2550. The topological polar surface area (TPSA) is 12.9 Å². The van der Waals surface area contributed by atoms with Crippen molar-refractivity contribution in [1.82, 2.24) is 4.98 Å². The quantitative estimate of drug-likeness (QED) is 0.197. The number of hydrogen-bond donors (Lipinski definition) is 0. The molecule has 0 atom stereocenters. The molecule has 44 heavy (non-hydrogen) atoms. The monoisotopic (exact) mass is 557 g/mol. The van der Waals surface area contributed by atoms with Crippen LogP contribution in [0.3, 0.4) is 0 Å². The van der Waals surface area contributed by atoms with E-state index in [0.29, 0.717) is 0 Å². The van der Waals surface area contributed by atoms with Crippen molar-refractivity contribution in [2.45, 2.75) is 0 Å². The van der Waals surface area contributed by atoms with Crippen molar-refractivity contribution in [1.29, 1.82) is 0 Å². The predicted molar refractivity (Wildman–Crippen MR) is 188 cm³/mol. The Balaban J connectivity index is 1.45. The SMILES string of the molecule is c1ccc2cc(-c3ccc4c(-c5cccc6ccccc56)c5cnccc5c(-c5cccc6ccccc56)c4c3)ccc2c1. The van der Waals surface area contributed by atoms with Crippen LogP contribution >= 0.6 is 0 Å². The Morgan fingerprint density at radius 1 is 0.318 bits per heavy atom. The van der Waals surface area contributed by atoms with Gasteiger partial charge in [0.05, 0.1) is 0 Å². The van der Waals surface area contributed by atoms with Gasteiger partial charge in [-0.1, -0.05) is 133 Å². The molecular formula is C43H27N. The molecule has 1 heteroatoms. The zero-order valence-corrected chi connectivity index (χ0v) is 24.0. The summed E-state index contributed by atoms with van der Waals surface area (Å²) in [5.74, 6) is 0. The van der Waals surface area contributed by atoms with Crippen molar-refractivity contribution in [2.75, 3.05) is 0 Å². The minimum atomic E-state index is 1.16. The van der Waals surface area contributed by atoms with Gasteiger partial charge >= 0.3 is 0 Å². The van der Waals surface area contributed by atoms with E-state index in [0.717, 1.165) is 5.39 Å². The molecular weight excluding hydrogens is 530 g/mol. The molecule has 0 amide bonds. The lowest BCUT2D eigenvalue weighted by Gasteiger charge is -2.20. The molecule has 0 aliphatic heterocycles. The minimum Gasteiger partial charge on any atom is -0.264 e. The van der Waals surface area contributed by atoms with Crippen LogP contribution in [0, 0.1) is 0 Å². The van der Waals surface area contributed by atoms with Crippen molar-refractivity contribution >= 4 is 53.9 Å². The maximum atomic E-state index is 4.68. The molecule has 0 spiro atoms. The highest BCUT2D eigenvalue weighted by Gasteiger charge is 2.20. The molecule has 1 heterocycles.